The molecule has 2 aliphatic rings. The first-order chi connectivity index (χ1) is 8.13. The molecule has 3 nitrogen and oxygen atoms in total. The maximum atomic E-state index is 5.92. The molecule has 6 atom stereocenters. The zero-order chi connectivity index (χ0) is 12.4. The van der Waals surface area contributed by atoms with E-state index in [4.69, 9.17) is 14.2 Å². The SMILES string of the molecule is CCOC(C)OC1OCC(C)C2CCC(C)[C@@H]12. The third-order valence-electron chi connectivity index (χ3n) is 4.40. The molecule has 2 rings (SSSR count). The molecule has 0 spiro atoms. The molecule has 0 bridgehead atoms. The highest BCUT2D eigenvalue weighted by Crippen LogP contribution is 2.47. The van der Waals surface area contributed by atoms with Crippen molar-refractivity contribution in [2.75, 3.05) is 13.2 Å². The molecule has 5 unspecified atom stereocenters. The van der Waals surface area contributed by atoms with Gasteiger partial charge in [-0.2, -0.15) is 0 Å². The minimum absolute atomic E-state index is 0.0600. The molecular formula is C14H26O3. The summed E-state index contributed by atoms with van der Waals surface area (Å²) in [6, 6.07) is 0. The second-order valence-electron chi connectivity index (χ2n) is 5.63. The average molecular weight is 242 g/mol. The quantitative estimate of drug-likeness (QED) is 0.709. The van der Waals surface area contributed by atoms with Crippen molar-refractivity contribution >= 4 is 0 Å². The van der Waals surface area contributed by atoms with Gasteiger partial charge in [0.15, 0.2) is 12.6 Å². The van der Waals surface area contributed by atoms with Crippen molar-refractivity contribution in [3.05, 3.63) is 0 Å². The Labute approximate surface area is 105 Å². The van der Waals surface area contributed by atoms with Crippen LogP contribution in [0.15, 0.2) is 0 Å². The molecule has 0 radical (unpaired) electrons. The van der Waals surface area contributed by atoms with Gasteiger partial charge in [0.1, 0.15) is 0 Å². The second kappa shape index (κ2) is 5.68. The summed E-state index contributed by atoms with van der Waals surface area (Å²) in [4.78, 5) is 0. The molecule has 3 heteroatoms. The number of hydrogen-bond donors (Lipinski definition) is 0. The first-order valence-corrected chi connectivity index (χ1v) is 7.02. The van der Waals surface area contributed by atoms with E-state index in [1.807, 2.05) is 13.8 Å². The van der Waals surface area contributed by atoms with Crippen LogP contribution in [0.4, 0.5) is 0 Å². The smallest absolute Gasteiger partial charge is 0.164 e. The molecule has 2 fully saturated rings. The normalized spacial score (nSPS) is 43.4. The summed E-state index contributed by atoms with van der Waals surface area (Å²) in [7, 11) is 0. The topological polar surface area (TPSA) is 27.7 Å². The summed E-state index contributed by atoms with van der Waals surface area (Å²) in [6.45, 7) is 10.1. The summed E-state index contributed by atoms with van der Waals surface area (Å²) in [5.74, 6) is 2.72. The summed E-state index contributed by atoms with van der Waals surface area (Å²) in [5.41, 5.74) is 0. The van der Waals surface area contributed by atoms with E-state index in [2.05, 4.69) is 13.8 Å². The Morgan fingerprint density at radius 2 is 2.00 bits per heavy atom. The van der Waals surface area contributed by atoms with Crippen LogP contribution in [0.25, 0.3) is 0 Å². The highest BCUT2D eigenvalue weighted by Gasteiger charge is 2.46. The largest absolute Gasteiger partial charge is 0.353 e. The minimum atomic E-state index is -0.160. The van der Waals surface area contributed by atoms with Gasteiger partial charge in [-0.15, -0.1) is 0 Å². The van der Waals surface area contributed by atoms with Crippen LogP contribution in [-0.2, 0) is 14.2 Å². The van der Waals surface area contributed by atoms with Crippen LogP contribution in [0.3, 0.4) is 0 Å². The Morgan fingerprint density at radius 1 is 1.24 bits per heavy atom. The molecule has 1 heterocycles. The van der Waals surface area contributed by atoms with Crippen molar-refractivity contribution in [2.24, 2.45) is 23.7 Å². The Bertz CT molecular complexity index is 244. The summed E-state index contributed by atoms with van der Waals surface area (Å²) in [5, 5.41) is 0. The van der Waals surface area contributed by atoms with E-state index in [1.165, 1.54) is 12.8 Å². The van der Waals surface area contributed by atoms with Gasteiger partial charge in [-0.1, -0.05) is 13.8 Å². The Hall–Kier alpha value is -0.120. The molecule has 0 amide bonds. The fourth-order valence-electron chi connectivity index (χ4n) is 3.47. The first-order valence-electron chi connectivity index (χ1n) is 7.02. The Kier molecular flexibility index (Phi) is 4.45. The predicted molar refractivity (Wildman–Crippen MR) is 66.5 cm³/mol. The third-order valence-corrected chi connectivity index (χ3v) is 4.40. The maximum Gasteiger partial charge on any atom is 0.164 e. The van der Waals surface area contributed by atoms with Gasteiger partial charge in [-0.25, -0.2) is 0 Å². The van der Waals surface area contributed by atoms with Gasteiger partial charge in [0, 0.05) is 12.5 Å². The number of fused-ring (bicyclic) bond motifs is 1. The van der Waals surface area contributed by atoms with Crippen LogP contribution in [0.5, 0.6) is 0 Å². The molecule has 100 valence electrons. The van der Waals surface area contributed by atoms with Gasteiger partial charge < -0.3 is 14.2 Å². The third kappa shape index (κ3) is 2.83. The lowest BCUT2D eigenvalue weighted by Gasteiger charge is -2.40. The zero-order valence-corrected chi connectivity index (χ0v) is 11.5. The van der Waals surface area contributed by atoms with E-state index in [1.54, 1.807) is 0 Å². The van der Waals surface area contributed by atoms with Crippen molar-refractivity contribution in [3.63, 3.8) is 0 Å². The van der Waals surface area contributed by atoms with Crippen LogP contribution in [0.1, 0.15) is 40.5 Å². The number of hydrogen-bond acceptors (Lipinski definition) is 3. The molecule has 0 N–H and O–H groups in total. The van der Waals surface area contributed by atoms with Crippen LogP contribution >= 0.6 is 0 Å². The molecule has 0 aromatic heterocycles. The fourth-order valence-corrected chi connectivity index (χ4v) is 3.47. The van der Waals surface area contributed by atoms with Crippen molar-refractivity contribution in [1.29, 1.82) is 0 Å². The van der Waals surface area contributed by atoms with E-state index >= 15 is 0 Å². The van der Waals surface area contributed by atoms with Gasteiger partial charge >= 0.3 is 0 Å². The monoisotopic (exact) mass is 242 g/mol. The highest BCUT2D eigenvalue weighted by atomic mass is 16.8. The zero-order valence-electron chi connectivity index (χ0n) is 11.5. The average Bonchev–Trinajstić information content (AvgIpc) is 2.66. The van der Waals surface area contributed by atoms with E-state index in [-0.39, 0.29) is 12.6 Å². The van der Waals surface area contributed by atoms with E-state index in [9.17, 15) is 0 Å². The van der Waals surface area contributed by atoms with Gasteiger partial charge in [0.25, 0.3) is 0 Å². The summed E-state index contributed by atoms with van der Waals surface area (Å²) >= 11 is 0. The van der Waals surface area contributed by atoms with E-state index < -0.39 is 0 Å². The molecule has 1 saturated heterocycles. The van der Waals surface area contributed by atoms with E-state index in [0.29, 0.717) is 24.4 Å². The number of rotatable bonds is 4. The first kappa shape index (κ1) is 13.3. The molecule has 1 saturated carbocycles. The van der Waals surface area contributed by atoms with Crippen LogP contribution < -0.4 is 0 Å². The summed E-state index contributed by atoms with van der Waals surface area (Å²) in [6.07, 6.45) is 2.42. The standard InChI is InChI=1S/C14H26O3/c1-5-15-11(4)17-14-13-9(2)6-7-12(13)10(3)8-16-14/h9-14H,5-8H2,1-4H3/t9?,10?,11?,12?,13-,14?/m1/s1. The lowest BCUT2D eigenvalue weighted by atomic mass is 9.80. The van der Waals surface area contributed by atoms with Crippen LogP contribution in [0, 0.1) is 23.7 Å². The molecular weight excluding hydrogens is 216 g/mol. The minimum Gasteiger partial charge on any atom is -0.353 e. The van der Waals surface area contributed by atoms with Gasteiger partial charge in [0.05, 0.1) is 6.61 Å². The van der Waals surface area contributed by atoms with E-state index in [0.717, 1.165) is 12.5 Å². The molecule has 0 aromatic rings. The van der Waals surface area contributed by atoms with Crippen molar-refractivity contribution in [3.8, 4) is 0 Å². The van der Waals surface area contributed by atoms with Crippen molar-refractivity contribution < 1.29 is 14.2 Å². The van der Waals surface area contributed by atoms with Gasteiger partial charge in [-0.3, -0.25) is 0 Å². The highest BCUT2D eigenvalue weighted by molar-refractivity contribution is 4.90. The van der Waals surface area contributed by atoms with Crippen LogP contribution in [-0.4, -0.2) is 25.8 Å². The molecule has 17 heavy (non-hydrogen) atoms. The van der Waals surface area contributed by atoms with Crippen molar-refractivity contribution in [2.45, 2.75) is 53.1 Å². The lowest BCUT2D eigenvalue weighted by Crippen LogP contribution is -2.43. The molecule has 1 aliphatic heterocycles. The molecule has 1 aliphatic carbocycles. The molecule has 0 aromatic carbocycles. The predicted octanol–water partition coefficient (Wildman–Crippen LogP) is 3.04. The maximum absolute atomic E-state index is 5.92. The Morgan fingerprint density at radius 3 is 2.71 bits per heavy atom. The summed E-state index contributed by atoms with van der Waals surface area (Å²) < 4.78 is 17.3. The fraction of sp³-hybridized carbons (Fsp3) is 1.00. The van der Waals surface area contributed by atoms with Crippen molar-refractivity contribution in [1.82, 2.24) is 0 Å². The van der Waals surface area contributed by atoms with Crippen LogP contribution in [0.2, 0.25) is 0 Å². The lowest BCUT2D eigenvalue weighted by molar-refractivity contribution is -0.284. The Balaban J connectivity index is 1.97. The number of ether oxygens (including phenoxy) is 3. The van der Waals surface area contributed by atoms with Gasteiger partial charge in [-0.05, 0) is 44.4 Å². The van der Waals surface area contributed by atoms with Gasteiger partial charge in [0.2, 0.25) is 0 Å². The second-order valence-corrected chi connectivity index (χ2v) is 5.63.